The molecule has 1 aromatic rings. The molecular weight excluding hydrogens is 202 g/mol. The standard InChI is InChI=1S/C13H19NO2/c1-10(2)6-7-16-13-5-4-12(15-3)8-11(13)9-14/h4-5,8H,1,6-7,9,14H2,2-3H3. The number of benzene rings is 1. The minimum Gasteiger partial charge on any atom is -0.497 e. The molecule has 0 saturated carbocycles. The average Bonchev–Trinajstić information content (AvgIpc) is 2.29. The third-order valence-electron chi connectivity index (χ3n) is 2.27. The highest BCUT2D eigenvalue weighted by Crippen LogP contribution is 2.24. The van der Waals surface area contributed by atoms with Crippen LogP contribution in [0.5, 0.6) is 11.5 Å². The number of hydrogen-bond acceptors (Lipinski definition) is 3. The molecule has 0 aliphatic carbocycles. The van der Waals surface area contributed by atoms with Crippen LogP contribution in [0.3, 0.4) is 0 Å². The molecule has 0 heterocycles. The highest BCUT2D eigenvalue weighted by atomic mass is 16.5. The predicted octanol–water partition coefficient (Wildman–Crippen LogP) is 2.50. The van der Waals surface area contributed by atoms with Gasteiger partial charge in [-0.1, -0.05) is 5.57 Å². The first-order valence-corrected chi connectivity index (χ1v) is 5.31. The van der Waals surface area contributed by atoms with E-state index in [4.69, 9.17) is 15.2 Å². The summed E-state index contributed by atoms with van der Waals surface area (Å²) in [5.41, 5.74) is 7.73. The molecule has 0 spiro atoms. The van der Waals surface area contributed by atoms with Crippen molar-refractivity contribution in [2.45, 2.75) is 19.9 Å². The molecule has 0 amide bonds. The topological polar surface area (TPSA) is 44.5 Å². The van der Waals surface area contributed by atoms with Crippen molar-refractivity contribution in [3.8, 4) is 11.5 Å². The predicted molar refractivity (Wildman–Crippen MR) is 65.8 cm³/mol. The fourth-order valence-corrected chi connectivity index (χ4v) is 1.32. The molecule has 0 saturated heterocycles. The summed E-state index contributed by atoms with van der Waals surface area (Å²) in [5, 5.41) is 0. The minimum atomic E-state index is 0.444. The molecule has 0 atom stereocenters. The summed E-state index contributed by atoms with van der Waals surface area (Å²) in [5.74, 6) is 1.62. The number of nitrogens with two attached hydrogens (primary N) is 1. The molecule has 0 aliphatic heterocycles. The van der Waals surface area contributed by atoms with Gasteiger partial charge in [-0.05, 0) is 25.1 Å². The van der Waals surface area contributed by atoms with Crippen molar-refractivity contribution in [2.24, 2.45) is 5.73 Å². The van der Waals surface area contributed by atoms with Crippen LogP contribution >= 0.6 is 0 Å². The van der Waals surface area contributed by atoms with Crippen molar-refractivity contribution in [3.05, 3.63) is 35.9 Å². The van der Waals surface area contributed by atoms with Crippen LogP contribution in [-0.2, 0) is 6.54 Å². The van der Waals surface area contributed by atoms with E-state index in [1.54, 1.807) is 7.11 Å². The molecule has 0 aliphatic rings. The Labute approximate surface area is 96.9 Å². The van der Waals surface area contributed by atoms with E-state index in [-0.39, 0.29) is 0 Å². The fraction of sp³-hybridized carbons (Fsp3) is 0.385. The Hall–Kier alpha value is -1.48. The first-order valence-electron chi connectivity index (χ1n) is 5.31. The Balaban J connectivity index is 2.68. The second-order valence-electron chi connectivity index (χ2n) is 3.73. The highest BCUT2D eigenvalue weighted by Gasteiger charge is 2.04. The fourth-order valence-electron chi connectivity index (χ4n) is 1.32. The molecule has 1 aromatic carbocycles. The lowest BCUT2D eigenvalue weighted by atomic mass is 10.2. The first kappa shape index (κ1) is 12.6. The van der Waals surface area contributed by atoms with Gasteiger partial charge in [-0.25, -0.2) is 0 Å². The van der Waals surface area contributed by atoms with Crippen LogP contribution in [0.15, 0.2) is 30.4 Å². The number of ether oxygens (including phenoxy) is 2. The monoisotopic (exact) mass is 221 g/mol. The number of hydrogen-bond donors (Lipinski definition) is 1. The Kier molecular flexibility index (Phi) is 4.86. The molecule has 3 nitrogen and oxygen atoms in total. The van der Waals surface area contributed by atoms with E-state index in [1.807, 2.05) is 25.1 Å². The molecule has 0 fully saturated rings. The van der Waals surface area contributed by atoms with Gasteiger partial charge in [-0.2, -0.15) is 0 Å². The van der Waals surface area contributed by atoms with Gasteiger partial charge < -0.3 is 15.2 Å². The Bertz CT molecular complexity index is 361. The lowest BCUT2D eigenvalue weighted by Crippen LogP contribution is -2.04. The molecule has 0 aromatic heterocycles. The van der Waals surface area contributed by atoms with Crippen LogP contribution in [-0.4, -0.2) is 13.7 Å². The smallest absolute Gasteiger partial charge is 0.124 e. The van der Waals surface area contributed by atoms with Gasteiger partial charge in [0.15, 0.2) is 0 Å². The zero-order valence-electron chi connectivity index (χ0n) is 9.95. The molecule has 1 rings (SSSR count). The zero-order chi connectivity index (χ0) is 12.0. The van der Waals surface area contributed by atoms with E-state index in [0.29, 0.717) is 13.2 Å². The van der Waals surface area contributed by atoms with Gasteiger partial charge >= 0.3 is 0 Å². The summed E-state index contributed by atoms with van der Waals surface area (Å²) in [7, 11) is 1.64. The third kappa shape index (κ3) is 3.59. The van der Waals surface area contributed by atoms with E-state index in [9.17, 15) is 0 Å². The van der Waals surface area contributed by atoms with E-state index >= 15 is 0 Å². The van der Waals surface area contributed by atoms with Gasteiger partial charge in [-0.3, -0.25) is 0 Å². The summed E-state index contributed by atoms with van der Waals surface area (Å²) >= 11 is 0. The summed E-state index contributed by atoms with van der Waals surface area (Å²) < 4.78 is 10.8. The van der Waals surface area contributed by atoms with Gasteiger partial charge in [0.1, 0.15) is 11.5 Å². The zero-order valence-corrected chi connectivity index (χ0v) is 9.95. The quantitative estimate of drug-likeness (QED) is 0.751. The lowest BCUT2D eigenvalue weighted by Gasteiger charge is -2.11. The second-order valence-corrected chi connectivity index (χ2v) is 3.73. The van der Waals surface area contributed by atoms with Crippen molar-refractivity contribution < 1.29 is 9.47 Å². The van der Waals surface area contributed by atoms with Crippen molar-refractivity contribution in [1.29, 1.82) is 0 Å². The van der Waals surface area contributed by atoms with Gasteiger partial charge in [0.2, 0.25) is 0 Å². The Morgan fingerprint density at radius 1 is 1.44 bits per heavy atom. The Morgan fingerprint density at radius 2 is 2.19 bits per heavy atom. The van der Waals surface area contributed by atoms with Gasteiger partial charge in [0, 0.05) is 18.5 Å². The van der Waals surface area contributed by atoms with E-state index in [2.05, 4.69) is 6.58 Å². The van der Waals surface area contributed by atoms with E-state index in [1.165, 1.54) is 0 Å². The Morgan fingerprint density at radius 3 is 2.75 bits per heavy atom. The van der Waals surface area contributed by atoms with Gasteiger partial charge in [0.25, 0.3) is 0 Å². The van der Waals surface area contributed by atoms with Crippen LogP contribution in [0, 0.1) is 0 Å². The van der Waals surface area contributed by atoms with Crippen LogP contribution in [0.1, 0.15) is 18.9 Å². The molecule has 2 N–H and O–H groups in total. The van der Waals surface area contributed by atoms with Crippen LogP contribution in [0.2, 0.25) is 0 Å². The summed E-state index contributed by atoms with van der Waals surface area (Å²) in [6.07, 6.45) is 0.857. The SMILES string of the molecule is C=C(C)CCOc1ccc(OC)cc1CN. The van der Waals surface area contributed by atoms with Gasteiger partial charge in [-0.15, -0.1) is 6.58 Å². The van der Waals surface area contributed by atoms with E-state index < -0.39 is 0 Å². The van der Waals surface area contributed by atoms with Crippen molar-refractivity contribution >= 4 is 0 Å². The third-order valence-corrected chi connectivity index (χ3v) is 2.27. The molecule has 0 radical (unpaired) electrons. The molecule has 0 bridgehead atoms. The van der Waals surface area contributed by atoms with Crippen molar-refractivity contribution in [1.82, 2.24) is 0 Å². The summed E-state index contributed by atoms with van der Waals surface area (Å²) in [6, 6.07) is 5.66. The normalized spacial score (nSPS) is 9.94. The molecule has 0 unspecified atom stereocenters. The summed E-state index contributed by atoms with van der Waals surface area (Å²) in [4.78, 5) is 0. The maximum atomic E-state index is 5.65. The maximum absolute atomic E-state index is 5.65. The van der Waals surface area contributed by atoms with Crippen molar-refractivity contribution in [3.63, 3.8) is 0 Å². The number of rotatable bonds is 6. The largest absolute Gasteiger partial charge is 0.497 e. The van der Waals surface area contributed by atoms with E-state index in [0.717, 1.165) is 29.1 Å². The highest BCUT2D eigenvalue weighted by molar-refractivity contribution is 5.40. The molecule has 3 heteroatoms. The first-order chi connectivity index (χ1) is 7.67. The molecule has 88 valence electrons. The maximum Gasteiger partial charge on any atom is 0.124 e. The average molecular weight is 221 g/mol. The minimum absolute atomic E-state index is 0.444. The van der Waals surface area contributed by atoms with Crippen LogP contribution in [0.25, 0.3) is 0 Å². The van der Waals surface area contributed by atoms with Crippen molar-refractivity contribution in [2.75, 3.05) is 13.7 Å². The van der Waals surface area contributed by atoms with Crippen LogP contribution in [0.4, 0.5) is 0 Å². The lowest BCUT2D eigenvalue weighted by molar-refractivity contribution is 0.317. The molecule has 16 heavy (non-hydrogen) atoms. The van der Waals surface area contributed by atoms with Gasteiger partial charge in [0.05, 0.1) is 13.7 Å². The molecular formula is C13H19NO2. The second kappa shape index (κ2) is 6.18. The number of methoxy groups -OCH3 is 1. The van der Waals surface area contributed by atoms with Crippen LogP contribution < -0.4 is 15.2 Å². The summed E-state index contributed by atoms with van der Waals surface area (Å²) in [6.45, 7) is 6.90.